The summed E-state index contributed by atoms with van der Waals surface area (Å²) < 4.78 is 0. The SMILES string of the molecule is CN1CCN([C@@H]2C[C@@]3(C)[C@H](CC[C@@H]4[C@@H]3CC[C@]3(C)[C@H](O)[C@H](N5CCN(C)CC5)C[C@@H]43)C[C@H]2O)CC1. The van der Waals surface area contributed by atoms with Gasteiger partial charge in [0, 0.05) is 64.4 Å². The van der Waals surface area contributed by atoms with Gasteiger partial charge in [-0.3, -0.25) is 9.80 Å². The lowest BCUT2D eigenvalue weighted by molar-refractivity contribution is -0.155. The first kappa shape index (κ1) is 25.1. The number of rotatable bonds is 2. The highest BCUT2D eigenvalue weighted by atomic mass is 16.3. The molecule has 2 saturated heterocycles. The number of hydrogen-bond acceptors (Lipinski definition) is 6. The number of hydrogen-bond donors (Lipinski definition) is 2. The van der Waals surface area contributed by atoms with E-state index in [0.717, 1.165) is 70.6 Å². The average Bonchev–Trinajstić information content (AvgIpc) is 3.11. The standard InChI is InChI=1S/C29H52N4O2/c1-28-8-7-22-21(23(28)18-24(27(28)35)32-13-9-30(3)10-14-32)6-5-20-17-26(34)25(19-29(20,22)2)33-15-11-31(4)12-16-33/h20-27,34-35H,5-19H2,1-4H3/t20-,21-,22+,23+,24-,25-,26-,27-,28+,29+/m1/s1. The molecule has 0 spiro atoms. The van der Waals surface area contributed by atoms with Crippen LogP contribution in [-0.4, -0.2) is 121 Å². The minimum Gasteiger partial charge on any atom is -0.391 e. The van der Waals surface area contributed by atoms with Crippen LogP contribution in [0.1, 0.15) is 58.8 Å². The molecular weight excluding hydrogens is 436 g/mol. The average molecular weight is 489 g/mol. The molecule has 0 aromatic carbocycles. The van der Waals surface area contributed by atoms with Crippen molar-refractivity contribution in [1.29, 1.82) is 0 Å². The third-order valence-corrected chi connectivity index (χ3v) is 12.7. The Morgan fingerprint density at radius 3 is 1.89 bits per heavy atom. The molecule has 0 bridgehead atoms. The van der Waals surface area contributed by atoms with Crippen molar-refractivity contribution in [2.75, 3.05) is 66.5 Å². The van der Waals surface area contributed by atoms with E-state index in [0.29, 0.717) is 29.3 Å². The summed E-state index contributed by atoms with van der Waals surface area (Å²) in [4.78, 5) is 10.1. The lowest BCUT2D eigenvalue weighted by Gasteiger charge is -2.62. The van der Waals surface area contributed by atoms with E-state index >= 15 is 0 Å². The van der Waals surface area contributed by atoms with Crippen molar-refractivity contribution in [3.05, 3.63) is 0 Å². The fourth-order valence-electron chi connectivity index (χ4n) is 10.3. The Bertz CT molecular complexity index is 766. The van der Waals surface area contributed by atoms with Gasteiger partial charge in [0.1, 0.15) is 0 Å². The highest BCUT2D eigenvalue weighted by molar-refractivity contribution is 5.14. The molecule has 6 fully saturated rings. The van der Waals surface area contributed by atoms with Crippen LogP contribution >= 0.6 is 0 Å². The number of likely N-dealkylation sites (N-methyl/N-ethyl adjacent to an activating group) is 2. The predicted octanol–water partition coefficient (Wildman–Crippen LogP) is 2.20. The first-order chi connectivity index (χ1) is 16.7. The van der Waals surface area contributed by atoms with Gasteiger partial charge in [-0.05, 0) is 93.5 Å². The minimum atomic E-state index is -0.173. The zero-order valence-electron chi connectivity index (χ0n) is 22.9. The van der Waals surface area contributed by atoms with E-state index in [2.05, 4.69) is 47.5 Å². The molecule has 10 atom stereocenters. The van der Waals surface area contributed by atoms with E-state index in [-0.39, 0.29) is 17.6 Å². The fourth-order valence-corrected chi connectivity index (χ4v) is 10.3. The molecule has 4 aliphatic carbocycles. The normalized spacial score (nSPS) is 52.6. The van der Waals surface area contributed by atoms with Gasteiger partial charge in [-0.1, -0.05) is 13.8 Å². The Labute approximate surface area is 214 Å². The van der Waals surface area contributed by atoms with Crippen molar-refractivity contribution in [1.82, 2.24) is 19.6 Å². The summed E-state index contributed by atoms with van der Waals surface area (Å²) in [7, 11) is 4.45. The van der Waals surface area contributed by atoms with Crippen LogP contribution in [0.2, 0.25) is 0 Å². The van der Waals surface area contributed by atoms with Gasteiger partial charge in [-0.15, -0.1) is 0 Å². The van der Waals surface area contributed by atoms with E-state index < -0.39 is 0 Å². The van der Waals surface area contributed by atoms with Crippen molar-refractivity contribution in [2.24, 2.45) is 34.5 Å². The van der Waals surface area contributed by atoms with Gasteiger partial charge in [-0.2, -0.15) is 0 Å². The summed E-state index contributed by atoms with van der Waals surface area (Å²) >= 11 is 0. The molecule has 0 aromatic rings. The van der Waals surface area contributed by atoms with Crippen LogP contribution in [0.15, 0.2) is 0 Å². The fraction of sp³-hybridized carbons (Fsp3) is 1.00. The number of fused-ring (bicyclic) bond motifs is 5. The Morgan fingerprint density at radius 2 is 1.26 bits per heavy atom. The Morgan fingerprint density at radius 1 is 0.657 bits per heavy atom. The molecule has 6 rings (SSSR count). The lowest BCUT2D eigenvalue weighted by atomic mass is 9.44. The number of piperazine rings is 2. The number of aliphatic hydroxyl groups is 2. The molecule has 6 heteroatoms. The maximum absolute atomic E-state index is 11.7. The van der Waals surface area contributed by atoms with E-state index in [1.807, 2.05) is 0 Å². The molecular formula is C29H52N4O2. The summed E-state index contributed by atoms with van der Waals surface area (Å²) in [6, 6.07) is 0.693. The van der Waals surface area contributed by atoms with Gasteiger partial charge in [0.05, 0.1) is 12.2 Å². The molecule has 200 valence electrons. The Balaban J connectivity index is 1.21. The van der Waals surface area contributed by atoms with Crippen LogP contribution < -0.4 is 0 Å². The van der Waals surface area contributed by atoms with Gasteiger partial charge >= 0.3 is 0 Å². The lowest BCUT2D eigenvalue weighted by Crippen LogP contribution is -2.61. The molecule has 2 N–H and O–H groups in total. The molecule has 0 unspecified atom stereocenters. The third kappa shape index (κ3) is 4.04. The van der Waals surface area contributed by atoms with Gasteiger partial charge in [0.15, 0.2) is 0 Å². The van der Waals surface area contributed by atoms with Crippen molar-refractivity contribution < 1.29 is 10.2 Å². The minimum absolute atomic E-state index is 0.0867. The first-order valence-corrected chi connectivity index (χ1v) is 14.9. The van der Waals surface area contributed by atoms with Crippen LogP contribution in [0.25, 0.3) is 0 Å². The van der Waals surface area contributed by atoms with Gasteiger partial charge in [0.2, 0.25) is 0 Å². The first-order valence-electron chi connectivity index (χ1n) is 14.9. The Kier molecular flexibility index (Phi) is 6.59. The summed E-state index contributed by atoms with van der Waals surface area (Å²) in [5.41, 5.74) is 0.428. The zero-order chi connectivity index (χ0) is 24.5. The Hall–Kier alpha value is -0.240. The summed E-state index contributed by atoms with van der Waals surface area (Å²) in [6.45, 7) is 14.0. The second-order valence-electron chi connectivity index (χ2n) is 14.2. The second-order valence-corrected chi connectivity index (χ2v) is 14.2. The van der Waals surface area contributed by atoms with Crippen molar-refractivity contribution >= 4 is 0 Å². The third-order valence-electron chi connectivity index (χ3n) is 12.7. The van der Waals surface area contributed by atoms with Gasteiger partial charge in [-0.25, -0.2) is 0 Å². The summed E-state index contributed by atoms with van der Waals surface area (Å²) in [6.07, 6.45) is 8.13. The molecule has 2 aliphatic heterocycles. The topological polar surface area (TPSA) is 53.4 Å². The van der Waals surface area contributed by atoms with E-state index in [1.54, 1.807) is 0 Å². The summed E-state index contributed by atoms with van der Waals surface area (Å²) in [5.74, 6) is 2.85. The van der Waals surface area contributed by atoms with Gasteiger partial charge in [0.25, 0.3) is 0 Å². The molecule has 0 aromatic heterocycles. The van der Waals surface area contributed by atoms with Crippen LogP contribution in [0.3, 0.4) is 0 Å². The molecule has 6 nitrogen and oxygen atoms in total. The van der Waals surface area contributed by atoms with E-state index in [4.69, 9.17) is 0 Å². The van der Waals surface area contributed by atoms with Crippen molar-refractivity contribution in [3.8, 4) is 0 Å². The smallest absolute Gasteiger partial charge is 0.0751 e. The molecule has 4 saturated carbocycles. The van der Waals surface area contributed by atoms with E-state index in [9.17, 15) is 10.2 Å². The van der Waals surface area contributed by atoms with E-state index in [1.165, 1.54) is 38.5 Å². The molecule has 35 heavy (non-hydrogen) atoms. The molecule has 0 amide bonds. The quantitative estimate of drug-likeness (QED) is 0.622. The second kappa shape index (κ2) is 9.20. The molecule has 0 radical (unpaired) electrons. The molecule has 6 aliphatic rings. The largest absolute Gasteiger partial charge is 0.391 e. The monoisotopic (exact) mass is 488 g/mol. The van der Waals surface area contributed by atoms with Crippen LogP contribution in [0.4, 0.5) is 0 Å². The van der Waals surface area contributed by atoms with Crippen LogP contribution in [0, 0.1) is 34.5 Å². The summed E-state index contributed by atoms with van der Waals surface area (Å²) in [5, 5.41) is 23.0. The van der Waals surface area contributed by atoms with Crippen LogP contribution in [-0.2, 0) is 0 Å². The maximum Gasteiger partial charge on any atom is 0.0751 e. The number of aliphatic hydroxyl groups excluding tert-OH is 2. The highest BCUT2D eigenvalue weighted by Gasteiger charge is 2.63. The number of nitrogens with zero attached hydrogens (tertiary/aromatic N) is 4. The molecule has 2 heterocycles. The predicted molar refractivity (Wildman–Crippen MR) is 140 cm³/mol. The zero-order valence-corrected chi connectivity index (χ0v) is 22.9. The highest BCUT2D eigenvalue weighted by Crippen LogP contribution is 2.66. The van der Waals surface area contributed by atoms with Gasteiger partial charge < -0.3 is 20.0 Å². The van der Waals surface area contributed by atoms with Crippen molar-refractivity contribution in [3.63, 3.8) is 0 Å². The van der Waals surface area contributed by atoms with Crippen molar-refractivity contribution in [2.45, 2.75) is 83.1 Å². The maximum atomic E-state index is 11.7. The van der Waals surface area contributed by atoms with Crippen LogP contribution in [0.5, 0.6) is 0 Å².